The number of halogens is 1. The molecule has 1 saturated heterocycles. The van der Waals surface area contributed by atoms with Crippen LogP contribution in [0.5, 0.6) is 0 Å². The molecular formula is C17H21ClN4O. The van der Waals surface area contributed by atoms with Gasteiger partial charge in [0.2, 0.25) is 5.91 Å². The minimum atomic E-state index is 0.163. The van der Waals surface area contributed by atoms with E-state index in [-0.39, 0.29) is 5.91 Å². The number of hydrogen-bond acceptors (Lipinski definition) is 3. The Morgan fingerprint density at radius 1 is 1.26 bits per heavy atom. The number of nitrogens with zero attached hydrogens (tertiary/aromatic N) is 3. The molecule has 122 valence electrons. The third-order valence-electron chi connectivity index (χ3n) is 4.25. The van der Waals surface area contributed by atoms with Crippen LogP contribution in [0.4, 0.5) is 5.82 Å². The summed E-state index contributed by atoms with van der Waals surface area (Å²) in [5, 5.41) is 8.70. The third kappa shape index (κ3) is 4.05. The van der Waals surface area contributed by atoms with Gasteiger partial charge in [0, 0.05) is 37.1 Å². The van der Waals surface area contributed by atoms with Gasteiger partial charge in [-0.15, -0.1) is 0 Å². The first-order chi connectivity index (χ1) is 11.1. The number of piperidine rings is 1. The molecule has 0 bridgehead atoms. The standard InChI is InChI=1S/C17H21ClN4O/c1-13(23)21-10-7-16(8-11-21)20-17-6-9-19-22(17)12-14-2-4-15(18)5-3-14/h2-6,9,16,20H,7-8,10-12H2,1H3. The maximum absolute atomic E-state index is 11.4. The van der Waals surface area contributed by atoms with Crippen LogP contribution in [0.3, 0.4) is 0 Å². The number of rotatable bonds is 4. The van der Waals surface area contributed by atoms with Crippen LogP contribution in [-0.4, -0.2) is 39.7 Å². The van der Waals surface area contributed by atoms with Gasteiger partial charge in [-0.25, -0.2) is 4.68 Å². The molecule has 2 heterocycles. The minimum Gasteiger partial charge on any atom is -0.367 e. The van der Waals surface area contributed by atoms with Crippen LogP contribution in [-0.2, 0) is 11.3 Å². The molecule has 23 heavy (non-hydrogen) atoms. The summed E-state index contributed by atoms with van der Waals surface area (Å²) in [6.45, 7) is 3.98. The van der Waals surface area contributed by atoms with E-state index in [4.69, 9.17) is 11.6 Å². The van der Waals surface area contributed by atoms with E-state index >= 15 is 0 Å². The van der Waals surface area contributed by atoms with E-state index in [1.165, 1.54) is 0 Å². The lowest BCUT2D eigenvalue weighted by Gasteiger charge is -2.32. The summed E-state index contributed by atoms with van der Waals surface area (Å²) in [7, 11) is 0. The molecule has 1 aromatic carbocycles. The second-order valence-electron chi connectivity index (χ2n) is 5.93. The van der Waals surface area contributed by atoms with Crippen molar-refractivity contribution in [3.8, 4) is 0 Å². The first kappa shape index (κ1) is 15.9. The number of likely N-dealkylation sites (tertiary alicyclic amines) is 1. The van der Waals surface area contributed by atoms with E-state index in [1.54, 1.807) is 6.92 Å². The van der Waals surface area contributed by atoms with Crippen LogP contribution >= 0.6 is 11.6 Å². The highest BCUT2D eigenvalue weighted by Gasteiger charge is 2.21. The highest BCUT2D eigenvalue weighted by Crippen LogP contribution is 2.18. The highest BCUT2D eigenvalue weighted by molar-refractivity contribution is 6.30. The van der Waals surface area contributed by atoms with Gasteiger partial charge in [0.25, 0.3) is 0 Å². The second-order valence-corrected chi connectivity index (χ2v) is 6.36. The van der Waals surface area contributed by atoms with Gasteiger partial charge >= 0.3 is 0 Å². The van der Waals surface area contributed by atoms with E-state index in [2.05, 4.69) is 10.4 Å². The van der Waals surface area contributed by atoms with Gasteiger partial charge in [0.05, 0.1) is 12.7 Å². The molecule has 1 fully saturated rings. The average molecular weight is 333 g/mol. The van der Waals surface area contributed by atoms with Crippen LogP contribution in [0.2, 0.25) is 5.02 Å². The molecule has 0 saturated carbocycles. The number of carbonyl (C=O) groups is 1. The number of carbonyl (C=O) groups excluding carboxylic acids is 1. The molecule has 0 spiro atoms. The molecule has 6 heteroatoms. The van der Waals surface area contributed by atoms with E-state index in [0.29, 0.717) is 12.6 Å². The van der Waals surface area contributed by atoms with Gasteiger partial charge in [0.15, 0.2) is 0 Å². The lowest BCUT2D eigenvalue weighted by atomic mass is 10.1. The number of aromatic nitrogens is 2. The molecule has 0 radical (unpaired) electrons. The molecule has 2 aromatic rings. The summed E-state index contributed by atoms with van der Waals surface area (Å²) in [4.78, 5) is 13.3. The smallest absolute Gasteiger partial charge is 0.219 e. The normalized spacial score (nSPS) is 15.7. The van der Waals surface area contributed by atoms with Crippen LogP contribution in [0.15, 0.2) is 36.5 Å². The van der Waals surface area contributed by atoms with E-state index in [9.17, 15) is 4.79 Å². The largest absolute Gasteiger partial charge is 0.367 e. The van der Waals surface area contributed by atoms with Gasteiger partial charge in [-0.1, -0.05) is 23.7 Å². The SMILES string of the molecule is CC(=O)N1CCC(Nc2ccnn2Cc2ccc(Cl)cc2)CC1. The first-order valence-electron chi connectivity index (χ1n) is 7.90. The first-order valence-corrected chi connectivity index (χ1v) is 8.28. The van der Waals surface area contributed by atoms with Crippen molar-refractivity contribution in [2.45, 2.75) is 32.4 Å². The van der Waals surface area contributed by atoms with Crippen molar-refractivity contribution >= 4 is 23.3 Å². The molecule has 0 aliphatic carbocycles. The Bertz CT molecular complexity index is 659. The van der Waals surface area contributed by atoms with Crippen LogP contribution in [0.25, 0.3) is 0 Å². The zero-order valence-corrected chi connectivity index (χ0v) is 14.0. The van der Waals surface area contributed by atoms with Crippen molar-refractivity contribution in [3.05, 3.63) is 47.1 Å². The summed E-state index contributed by atoms with van der Waals surface area (Å²) in [6, 6.07) is 10.2. The Labute approximate surface area is 141 Å². The predicted molar refractivity (Wildman–Crippen MR) is 91.7 cm³/mol. The molecule has 1 aliphatic heterocycles. The van der Waals surface area contributed by atoms with Crippen molar-refractivity contribution < 1.29 is 4.79 Å². The summed E-state index contributed by atoms with van der Waals surface area (Å²) in [5.74, 6) is 1.18. The Morgan fingerprint density at radius 2 is 1.96 bits per heavy atom. The van der Waals surface area contributed by atoms with Gasteiger partial charge < -0.3 is 10.2 Å². The fourth-order valence-electron chi connectivity index (χ4n) is 2.89. The molecule has 5 nitrogen and oxygen atoms in total. The fraction of sp³-hybridized carbons (Fsp3) is 0.412. The van der Waals surface area contributed by atoms with E-state index in [0.717, 1.165) is 42.3 Å². The van der Waals surface area contributed by atoms with Gasteiger partial charge in [-0.3, -0.25) is 4.79 Å². The Kier molecular flexibility index (Phi) is 4.86. The van der Waals surface area contributed by atoms with Gasteiger partial charge in [-0.05, 0) is 30.5 Å². The molecule has 1 amide bonds. The maximum Gasteiger partial charge on any atom is 0.219 e. The predicted octanol–water partition coefficient (Wildman–Crippen LogP) is 3.01. The molecule has 1 aromatic heterocycles. The molecule has 0 atom stereocenters. The average Bonchev–Trinajstić information content (AvgIpc) is 2.97. The number of benzene rings is 1. The molecule has 1 aliphatic rings. The van der Waals surface area contributed by atoms with Crippen LogP contribution in [0, 0.1) is 0 Å². The van der Waals surface area contributed by atoms with Gasteiger partial charge in [0.1, 0.15) is 5.82 Å². The van der Waals surface area contributed by atoms with Crippen molar-refractivity contribution in [1.82, 2.24) is 14.7 Å². The number of amides is 1. The van der Waals surface area contributed by atoms with Crippen molar-refractivity contribution in [3.63, 3.8) is 0 Å². The summed E-state index contributed by atoms with van der Waals surface area (Å²) < 4.78 is 1.96. The molecular weight excluding hydrogens is 312 g/mol. The van der Waals surface area contributed by atoms with E-state index < -0.39 is 0 Å². The van der Waals surface area contributed by atoms with Crippen LogP contribution in [0.1, 0.15) is 25.3 Å². The number of anilines is 1. The molecule has 1 N–H and O–H groups in total. The lowest BCUT2D eigenvalue weighted by Crippen LogP contribution is -2.41. The summed E-state index contributed by atoms with van der Waals surface area (Å²) in [6.07, 6.45) is 3.74. The summed E-state index contributed by atoms with van der Waals surface area (Å²) in [5.41, 5.74) is 1.16. The van der Waals surface area contributed by atoms with Gasteiger partial charge in [-0.2, -0.15) is 5.10 Å². The zero-order valence-electron chi connectivity index (χ0n) is 13.2. The minimum absolute atomic E-state index is 0.163. The number of hydrogen-bond donors (Lipinski definition) is 1. The molecule has 0 unspecified atom stereocenters. The topological polar surface area (TPSA) is 50.2 Å². The van der Waals surface area contributed by atoms with Crippen LogP contribution < -0.4 is 5.32 Å². The Morgan fingerprint density at radius 3 is 2.61 bits per heavy atom. The van der Waals surface area contributed by atoms with Crippen molar-refractivity contribution in [2.75, 3.05) is 18.4 Å². The summed E-state index contributed by atoms with van der Waals surface area (Å²) >= 11 is 5.92. The Balaban J connectivity index is 1.60. The number of nitrogens with one attached hydrogen (secondary N) is 1. The fourth-order valence-corrected chi connectivity index (χ4v) is 3.02. The van der Waals surface area contributed by atoms with E-state index in [1.807, 2.05) is 46.1 Å². The molecule has 3 rings (SSSR count). The highest BCUT2D eigenvalue weighted by atomic mass is 35.5. The Hall–Kier alpha value is -2.01. The zero-order chi connectivity index (χ0) is 16.2. The van der Waals surface area contributed by atoms with Crippen molar-refractivity contribution in [1.29, 1.82) is 0 Å². The van der Waals surface area contributed by atoms with Crippen molar-refractivity contribution in [2.24, 2.45) is 0 Å². The third-order valence-corrected chi connectivity index (χ3v) is 4.51. The second kappa shape index (κ2) is 7.04. The quantitative estimate of drug-likeness (QED) is 0.936. The monoisotopic (exact) mass is 332 g/mol. The lowest BCUT2D eigenvalue weighted by molar-refractivity contribution is -0.129. The maximum atomic E-state index is 11.4.